The van der Waals surface area contributed by atoms with Crippen LogP contribution >= 0.6 is 0 Å². The van der Waals surface area contributed by atoms with Crippen LogP contribution in [-0.4, -0.2) is 35.8 Å². The highest BCUT2D eigenvalue weighted by Crippen LogP contribution is 2.52. The van der Waals surface area contributed by atoms with Crippen LogP contribution < -0.4 is 0 Å². The third-order valence-corrected chi connectivity index (χ3v) is 8.89. The zero-order chi connectivity index (χ0) is 27.5. The summed E-state index contributed by atoms with van der Waals surface area (Å²) in [4.78, 5) is 65.2. The van der Waals surface area contributed by atoms with Gasteiger partial charge in [0.15, 0.2) is 0 Å². The van der Waals surface area contributed by atoms with Crippen LogP contribution in [0.4, 0.5) is 0 Å². The van der Waals surface area contributed by atoms with Gasteiger partial charge in [-0.15, -0.1) is 0 Å². The summed E-state index contributed by atoms with van der Waals surface area (Å²) in [6.45, 7) is 0. The lowest BCUT2D eigenvalue weighted by Gasteiger charge is -2.41. The minimum absolute atomic E-state index is 0. The number of hydrogen-bond donors (Lipinski definition) is 0. The second-order valence-electron chi connectivity index (χ2n) is 11.0. The molecule has 4 bridgehead atoms. The maximum atomic E-state index is 11.4. The first-order chi connectivity index (χ1) is 18.8. The fourth-order valence-corrected chi connectivity index (χ4v) is 7.08. The molecule has 0 aromatic rings. The predicted molar refractivity (Wildman–Crippen MR) is 137 cm³/mol. The van der Waals surface area contributed by atoms with Crippen molar-refractivity contribution in [3.05, 3.63) is 48.6 Å². The number of hydrogen-bond acceptors (Lipinski definition) is 9. The third kappa shape index (κ3) is 5.72. The van der Waals surface area contributed by atoms with Gasteiger partial charge in [0.2, 0.25) is 0 Å². The van der Waals surface area contributed by atoms with Crippen LogP contribution in [0.25, 0.3) is 0 Å². The van der Waals surface area contributed by atoms with E-state index in [1.807, 2.05) is 0 Å². The molecule has 4 saturated carbocycles. The van der Waals surface area contributed by atoms with Gasteiger partial charge in [0, 0.05) is 13.6 Å². The van der Waals surface area contributed by atoms with Gasteiger partial charge < -0.3 is 14.2 Å². The molecule has 3 heterocycles. The number of allylic oxidation sites excluding steroid dienone is 6. The molecule has 0 N–H and O–H groups in total. The maximum Gasteiger partial charge on any atom is 0.338 e. The molecular weight excluding hydrogens is 504 g/mol. The summed E-state index contributed by atoms with van der Waals surface area (Å²) in [6.07, 6.45) is 23.9. The summed E-state index contributed by atoms with van der Waals surface area (Å²) < 4.78 is 13.4. The second-order valence-corrected chi connectivity index (χ2v) is 11.0. The fraction of sp³-hybridized carbons (Fsp3) is 0.533. The van der Waals surface area contributed by atoms with Crippen LogP contribution in [0.1, 0.15) is 52.8 Å². The van der Waals surface area contributed by atoms with E-state index in [1.54, 1.807) is 0 Å². The highest BCUT2D eigenvalue weighted by atomic mass is 16.6. The molecule has 6 atom stereocenters. The van der Waals surface area contributed by atoms with Crippen molar-refractivity contribution in [2.45, 2.75) is 51.4 Å². The molecule has 9 nitrogen and oxygen atoms in total. The Labute approximate surface area is 227 Å². The van der Waals surface area contributed by atoms with Gasteiger partial charge in [-0.25, -0.2) is 9.59 Å². The molecule has 6 unspecified atom stereocenters. The van der Waals surface area contributed by atoms with E-state index in [0.717, 1.165) is 63.5 Å². The van der Waals surface area contributed by atoms with E-state index in [2.05, 4.69) is 45.9 Å². The normalized spacial score (nSPS) is 37.4. The minimum atomic E-state index is -0.579. The fourth-order valence-electron chi connectivity index (χ4n) is 7.08. The van der Waals surface area contributed by atoms with E-state index < -0.39 is 11.9 Å². The number of carbonyl (C=O) groups is 6. The van der Waals surface area contributed by atoms with Crippen molar-refractivity contribution in [3.63, 3.8) is 0 Å². The number of cyclic esters (lactones) is 6. The molecule has 6 fully saturated rings. The van der Waals surface area contributed by atoms with Crippen molar-refractivity contribution in [1.82, 2.24) is 0 Å². The molecule has 39 heavy (non-hydrogen) atoms. The van der Waals surface area contributed by atoms with Gasteiger partial charge in [0.25, 0.3) is 0 Å². The molecule has 10 aliphatic rings. The minimum Gasteiger partial charge on any atom is -0.393 e. The van der Waals surface area contributed by atoms with Gasteiger partial charge in [-0.2, -0.15) is 0 Å². The average molecular weight is 539 g/mol. The molecular formula is C30H34O9. The van der Waals surface area contributed by atoms with Gasteiger partial charge in [0.1, 0.15) is 0 Å². The average Bonchev–Trinajstić information content (AvgIpc) is 3.62. The lowest BCUT2D eigenvalue weighted by Crippen LogP contribution is -2.41. The standard InChI is InChI=1S/C10H12O3.C10H10O3.C6H8.C4H2O3.H2/c2*11-9-7-5-1-2-6(4-3-5)8(7)10(12)13-9;1-2-4-6-5-3-1;5-3-1-2-4(6)7-3;/h5-8H,1-4H2;1-2,5-8H,3-4H2;1-2,5-6H,3-4H2;1-2H;1H. The van der Waals surface area contributed by atoms with Crippen LogP contribution in [0, 0.1) is 47.3 Å². The lowest BCUT2D eigenvalue weighted by molar-refractivity contribution is -0.155. The van der Waals surface area contributed by atoms with E-state index in [1.165, 1.54) is 0 Å². The first kappa shape index (κ1) is 27.0. The Kier molecular flexibility index (Phi) is 8.04. The molecule has 0 spiro atoms. The molecule has 0 amide bonds. The van der Waals surface area contributed by atoms with Crippen LogP contribution in [0.3, 0.4) is 0 Å². The highest BCUT2D eigenvalue weighted by molar-refractivity contribution is 6.05. The van der Waals surface area contributed by atoms with Gasteiger partial charge in [-0.05, 0) is 75.0 Å². The van der Waals surface area contributed by atoms with Crippen molar-refractivity contribution < 1.29 is 44.4 Å². The molecule has 208 valence electrons. The molecule has 0 radical (unpaired) electrons. The number of esters is 6. The maximum absolute atomic E-state index is 11.4. The van der Waals surface area contributed by atoms with Crippen LogP contribution in [0.15, 0.2) is 48.6 Å². The number of rotatable bonds is 0. The summed E-state index contributed by atoms with van der Waals surface area (Å²) in [5.74, 6) is -1.30. The Morgan fingerprint density at radius 2 is 0.846 bits per heavy atom. The van der Waals surface area contributed by atoms with E-state index >= 15 is 0 Å². The molecule has 0 aromatic carbocycles. The van der Waals surface area contributed by atoms with E-state index in [4.69, 9.17) is 4.74 Å². The number of fused-ring (bicyclic) bond motifs is 3. The molecule has 3 aliphatic heterocycles. The van der Waals surface area contributed by atoms with Gasteiger partial charge in [0.05, 0.1) is 23.7 Å². The molecule has 0 aromatic heterocycles. The SMILES string of the molecule is C1=CCC=CC1.O=C1C=CC(=O)O1.O=C1OC(=O)C2C3C=CC(CC3)C12.O=C1OC(=O)C2C3CCC(CC3)C12.[HH]. The summed E-state index contributed by atoms with van der Waals surface area (Å²) in [6, 6.07) is 0. The summed E-state index contributed by atoms with van der Waals surface area (Å²) >= 11 is 0. The molecule has 7 aliphatic carbocycles. The van der Waals surface area contributed by atoms with Crippen LogP contribution in [-0.2, 0) is 43.0 Å². The van der Waals surface area contributed by atoms with E-state index in [0.29, 0.717) is 11.8 Å². The van der Waals surface area contributed by atoms with E-state index in [-0.39, 0.29) is 60.8 Å². The first-order valence-corrected chi connectivity index (χ1v) is 13.8. The monoisotopic (exact) mass is 538 g/mol. The zero-order valence-corrected chi connectivity index (χ0v) is 21.6. The second kappa shape index (κ2) is 11.6. The highest BCUT2D eigenvalue weighted by Gasteiger charge is 2.57. The molecule has 9 heteroatoms. The smallest absolute Gasteiger partial charge is 0.338 e. The number of carbonyl (C=O) groups excluding carboxylic acids is 6. The first-order valence-electron chi connectivity index (χ1n) is 13.8. The summed E-state index contributed by atoms with van der Waals surface area (Å²) in [7, 11) is 0. The number of ether oxygens (including phenoxy) is 3. The van der Waals surface area contributed by atoms with E-state index in [9.17, 15) is 28.8 Å². The lowest BCUT2D eigenvalue weighted by atomic mass is 9.59. The van der Waals surface area contributed by atoms with Crippen molar-refractivity contribution >= 4 is 35.8 Å². The Balaban J connectivity index is 0.000000129. The Bertz CT molecular complexity index is 1080. The van der Waals surface area contributed by atoms with Crippen LogP contribution in [0.2, 0.25) is 0 Å². The van der Waals surface area contributed by atoms with Crippen molar-refractivity contribution in [2.75, 3.05) is 0 Å². The molecule has 10 rings (SSSR count). The quantitative estimate of drug-likeness (QED) is 0.196. The van der Waals surface area contributed by atoms with Crippen molar-refractivity contribution in [2.24, 2.45) is 47.3 Å². The summed E-state index contributed by atoms with van der Waals surface area (Å²) in [5, 5.41) is 0. The topological polar surface area (TPSA) is 130 Å². The Hall–Kier alpha value is -3.62. The largest absolute Gasteiger partial charge is 0.393 e. The zero-order valence-electron chi connectivity index (χ0n) is 21.6. The van der Waals surface area contributed by atoms with Crippen molar-refractivity contribution in [3.8, 4) is 0 Å². The van der Waals surface area contributed by atoms with Crippen molar-refractivity contribution in [1.29, 1.82) is 0 Å². The van der Waals surface area contributed by atoms with Crippen LogP contribution in [0.5, 0.6) is 0 Å². The summed E-state index contributed by atoms with van der Waals surface area (Å²) in [5.41, 5.74) is 0. The van der Waals surface area contributed by atoms with Gasteiger partial charge in [-0.3, -0.25) is 19.2 Å². The van der Waals surface area contributed by atoms with Gasteiger partial charge in [-0.1, -0.05) is 36.5 Å². The Morgan fingerprint density at radius 3 is 1.13 bits per heavy atom. The van der Waals surface area contributed by atoms with Gasteiger partial charge >= 0.3 is 35.8 Å². The predicted octanol–water partition coefficient (Wildman–Crippen LogP) is 3.79. The third-order valence-electron chi connectivity index (χ3n) is 8.89. The Morgan fingerprint density at radius 1 is 0.487 bits per heavy atom. The molecule has 2 saturated heterocycles.